The summed E-state index contributed by atoms with van der Waals surface area (Å²) in [6.45, 7) is 2.86. The fraction of sp³-hybridized carbons (Fsp3) is 0.471. The van der Waals surface area contributed by atoms with Gasteiger partial charge in [-0.15, -0.1) is 0 Å². The molecule has 1 saturated carbocycles. The van der Waals surface area contributed by atoms with Crippen molar-refractivity contribution in [3.8, 4) is 11.4 Å². The second-order valence-electron chi connectivity index (χ2n) is 6.21. The molecule has 2 aromatic rings. The Hall–Kier alpha value is -2.58. The van der Waals surface area contributed by atoms with Gasteiger partial charge in [-0.1, -0.05) is 29.4 Å². The van der Waals surface area contributed by atoms with E-state index in [2.05, 4.69) is 20.0 Å². The number of nitrogens with one attached hydrogen (secondary N) is 1. The van der Waals surface area contributed by atoms with Gasteiger partial charge in [-0.25, -0.2) is 4.79 Å². The second-order valence-corrected chi connectivity index (χ2v) is 6.21. The molecule has 1 aliphatic rings. The lowest BCUT2D eigenvalue weighted by atomic mass is 9.93. The van der Waals surface area contributed by atoms with Gasteiger partial charge < -0.3 is 14.7 Å². The molecule has 0 saturated heterocycles. The minimum Gasteiger partial charge on any atom is -0.335 e. The Morgan fingerprint density at radius 2 is 2.00 bits per heavy atom. The molecule has 140 valence electrons. The predicted octanol–water partition coefficient (Wildman–Crippen LogP) is 3.84. The summed E-state index contributed by atoms with van der Waals surface area (Å²) in [5, 5.41) is 6.35. The highest BCUT2D eigenvalue weighted by atomic mass is 19.4. The van der Waals surface area contributed by atoms with Gasteiger partial charge in [0.1, 0.15) is 0 Å². The number of carbonyl (C=O) groups is 1. The van der Waals surface area contributed by atoms with E-state index in [4.69, 9.17) is 0 Å². The van der Waals surface area contributed by atoms with Gasteiger partial charge in [0.2, 0.25) is 5.82 Å². The highest BCUT2D eigenvalue weighted by Gasteiger charge is 2.38. The highest BCUT2D eigenvalue weighted by Crippen LogP contribution is 2.29. The summed E-state index contributed by atoms with van der Waals surface area (Å²) in [5.41, 5.74) is 1.27. The molecule has 6 nitrogen and oxygen atoms in total. The summed E-state index contributed by atoms with van der Waals surface area (Å²) in [7, 11) is 0. The lowest BCUT2D eigenvalue weighted by Gasteiger charge is -2.30. The van der Waals surface area contributed by atoms with Crippen molar-refractivity contribution < 1.29 is 22.5 Å². The van der Waals surface area contributed by atoms with Crippen LogP contribution in [0.4, 0.5) is 18.0 Å². The van der Waals surface area contributed by atoms with Crippen LogP contribution in [0.3, 0.4) is 0 Å². The van der Waals surface area contributed by atoms with E-state index in [1.807, 2.05) is 6.92 Å². The lowest BCUT2D eigenvalue weighted by Crippen LogP contribution is -2.46. The molecule has 0 unspecified atom stereocenters. The number of rotatable bonds is 5. The fourth-order valence-corrected chi connectivity index (χ4v) is 2.58. The van der Waals surface area contributed by atoms with E-state index in [0.29, 0.717) is 18.7 Å². The number of aromatic nitrogens is 2. The van der Waals surface area contributed by atoms with E-state index in [1.54, 1.807) is 29.2 Å². The van der Waals surface area contributed by atoms with Crippen molar-refractivity contribution in [3.05, 3.63) is 35.7 Å². The molecular weight excluding hydrogens is 349 g/mol. The van der Waals surface area contributed by atoms with Gasteiger partial charge in [0, 0.05) is 24.7 Å². The minimum absolute atomic E-state index is 0.103. The largest absolute Gasteiger partial charge is 0.471 e. The number of benzene rings is 1. The molecular formula is C17H19F3N4O2. The number of carbonyl (C=O) groups excluding carboxylic acids is 1. The summed E-state index contributed by atoms with van der Waals surface area (Å²) >= 11 is 0. The molecule has 0 radical (unpaired) electrons. The van der Waals surface area contributed by atoms with Gasteiger partial charge in [-0.3, -0.25) is 0 Å². The Morgan fingerprint density at radius 3 is 2.50 bits per heavy atom. The maximum atomic E-state index is 12.5. The van der Waals surface area contributed by atoms with Crippen molar-refractivity contribution in [2.45, 2.75) is 44.9 Å². The topological polar surface area (TPSA) is 71.3 Å². The van der Waals surface area contributed by atoms with Crippen LogP contribution < -0.4 is 5.32 Å². The molecule has 1 fully saturated rings. The van der Waals surface area contributed by atoms with Gasteiger partial charge in [-0.2, -0.15) is 18.2 Å². The van der Waals surface area contributed by atoms with Crippen molar-refractivity contribution in [1.82, 2.24) is 20.4 Å². The summed E-state index contributed by atoms with van der Waals surface area (Å²) in [6.07, 6.45) is -1.49. The molecule has 1 aromatic carbocycles. The molecule has 0 atom stereocenters. The molecule has 0 bridgehead atoms. The second kappa shape index (κ2) is 7.35. The van der Waals surface area contributed by atoms with Crippen LogP contribution in [0.1, 0.15) is 37.6 Å². The molecule has 3 rings (SSSR count). The van der Waals surface area contributed by atoms with Crippen LogP contribution in [0.25, 0.3) is 11.4 Å². The molecule has 9 heteroatoms. The van der Waals surface area contributed by atoms with Gasteiger partial charge in [0.05, 0.1) is 0 Å². The van der Waals surface area contributed by atoms with Crippen LogP contribution >= 0.6 is 0 Å². The first-order chi connectivity index (χ1) is 12.4. The molecule has 1 aliphatic carbocycles. The number of amides is 2. The molecule has 1 aromatic heterocycles. The maximum absolute atomic E-state index is 12.5. The molecule has 1 heterocycles. The Labute approximate surface area is 148 Å². The zero-order valence-corrected chi connectivity index (χ0v) is 14.2. The Morgan fingerprint density at radius 1 is 1.31 bits per heavy atom. The van der Waals surface area contributed by atoms with Crippen LogP contribution in [0.2, 0.25) is 0 Å². The van der Waals surface area contributed by atoms with Crippen LogP contribution in [0, 0.1) is 0 Å². The summed E-state index contributed by atoms with van der Waals surface area (Å²) < 4.78 is 41.8. The van der Waals surface area contributed by atoms with Gasteiger partial charge >= 0.3 is 18.1 Å². The molecule has 1 N–H and O–H groups in total. The van der Waals surface area contributed by atoms with Crippen molar-refractivity contribution >= 4 is 6.03 Å². The van der Waals surface area contributed by atoms with Gasteiger partial charge in [0.25, 0.3) is 0 Å². The van der Waals surface area contributed by atoms with E-state index in [9.17, 15) is 18.0 Å². The number of alkyl halides is 3. The SMILES string of the molecule is CCN(Cc1ccc(-c2noc(C(F)(F)F)n2)cc1)C(=O)NC1CCC1. The molecule has 26 heavy (non-hydrogen) atoms. The predicted molar refractivity (Wildman–Crippen MR) is 87.0 cm³/mol. The maximum Gasteiger partial charge on any atom is 0.471 e. The smallest absolute Gasteiger partial charge is 0.335 e. The van der Waals surface area contributed by atoms with Gasteiger partial charge in [-0.05, 0) is 31.7 Å². The highest BCUT2D eigenvalue weighted by molar-refractivity contribution is 5.74. The van der Waals surface area contributed by atoms with Crippen molar-refractivity contribution in [2.75, 3.05) is 6.54 Å². The summed E-state index contributed by atoms with van der Waals surface area (Å²) in [5.74, 6) is -1.50. The first kappa shape index (κ1) is 18.2. The van der Waals surface area contributed by atoms with Crippen LogP contribution in [0.5, 0.6) is 0 Å². The van der Waals surface area contributed by atoms with E-state index in [0.717, 1.165) is 24.8 Å². The zero-order chi connectivity index (χ0) is 18.7. The summed E-state index contributed by atoms with van der Waals surface area (Å²) in [4.78, 5) is 17.3. The summed E-state index contributed by atoms with van der Waals surface area (Å²) in [6, 6.07) is 6.85. The first-order valence-corrected chi connectivity index (χ1v) is 8.42. The zero-order valence-electron chi connectivity index (χ0n) is 14.2. The van der Waals surface area contributed by atoms with Crippen LogP contribution in [0.15, 0.2) is 28.8 Å². The quantitative estimate of drug-likeness (QED) is 0.870. The third kappa shape index (κ3) is 4.14. The average Bonchev–Trinajstić information content (AvgIpc) is 3.06. The first-order valence-electron chi connectivity index (χ1n) is 8.42. The standard InChI is InChI=1S/C17H19F3N4O2/c1-2-24(16(25)21-13-4-3-5-13)10-11-6-8-12(9-7-11)14-22-15(26-23-14)17(18,19)20/h6-9,13H,2-5,10H2,1H3,(H,21,25). The number of hydrogen-bond donors (Lipinski definition) is 1. The third-order valence-electron chi connectivity index (χ3n) is 4.36. The molecule has 0 spiro atoms. The lowest BCUT2D eigenvalue weighted by molar-refractivity contribution is -0.159. The van der Waals surface area contributed by atoms with Crippen molar-refractivity contribution in [1.29, 1.82) is 0 Å². The van der Waals surface area contributed by atoms with Crippen molar-refractivity contribution in [3.63, 3.8) is 0 Å². The average molecular weight is 368 g/mol. The normalized spacial score (nSPS) is 14.8. The van der Waals surface area contributed by atoms with Gasteiger partial charge in [0.15, 0.2) is 0 Å². The molecule has 2 amide bonds. The van der Waals surface area contributed by atoms with E-state index in [1.165, 1.54) is 0 Å². The number of nitrogens with zero attached hydrogens (tertiary/aromatic N) is 3. The minimum atomic E-state index is -4.67. The van der Waals surface area contributed by atoms with E-state index < -0.39 is 12.1 Å². The third-order valence-corrected chi connectivity index (χ3v) is 4.36. The monoisotopic (exact) mass is 368 g/mol. The Bertz CT molecular complexity index is 754. The van der Waals surface area contributed by atoms with Crippen LogP contribution in [-0.2, 0) is 12.7 Å². The number of urea groups is 1. The number of hydrogen-bond acceptors (Lipinski definition) is 4. The Kier molecular flexibility index (Phi) is 5.15. The van der Waals surface area contributed by atoms with E-state index in [-0.39, 0.29) is 17.9 Å². The Balaban J connectivity index is 1.64. The molecule has 0 aliphatic heterocycles. The van der Waals surface area contributed by atoms with Crippen molar-refractivity contribution in [2.24, 2.45) is 0 Å². The number of halogens is 3. The van der Waals surface area contributed by atoms with E-state index >= 15 is 0 Å². The van der Waals surface area contributed by atoms with Crippen LogP contribution in [-0.4, -0.2) is 33.7 Å². The fourth-order valence-electron chi connectivity index (χ4n) is 2.58.